The third-order valence-electron chi connectivity index (χ3n) is 2.61. The lowest BCUT2D eigenvalue weighted by Gasteiger charge is -2.06. The van der Waals surface area contributed by atoms with Gasteiger partial charge in [-0.25, -0.2) is 8.42 Å². The summed E-state index contributed by atoms with van der Waals surface area (Å²) >= 11 is 0. The molecule has 2 rings (SSSR count). The van der Waals surface area contributed by atoms with Crippen LogP contribution in [-0.4, -0.2) is 36.9 Å². The second-order valence-corrected chi connectivity index (χ2v) is 6.49. The maximum absolute atomic E-state index is 11.3. The highest BCUT2D eigenvalue weighted by Gasteiger charge is 2.33. The van der Waals surface area contributed by atoms with Crippen molar-refractivity contribution in [3.8, 4) is 0 Å². The Labute approximate surface area is 104 Å². The molecule has 8 heteroatoms. The summed E-state index contributed by atoms with van der Waals surface area (Å²) in [7, 11) is 3.14. The number of aromatic nitrogens is 3. The predicted molar refractivity (Wildman–Crippen MR) is 61.5 cm³/mol. The van der Waals surface area contributed by atoms with Crippen molar-refractivity contribution in [3.05, 3.63) is 5.82 Å². The zero-order valence-electron chi connectivity index (χ0n) is 9.47. The maximum Gasteiger partial charge on any atom is 0.296 e. The first-order valence-electron chi connectivity index (χ1n) is 5.41. The normalized spacial score (nSPS) is 16.4. The minimum atomic E-state index is -3.82. The molecule has 0 N–H and O–H groups in total. The van der Waals surface area contributed by atoms with Crippen molar-refractivity contribution in [1.29, 1.82) is 0 Å². The van der Waals surface area contributed by atoms with Gasteiger partial charge in [-0.15, -0.1) is 10.2 Å². The highest BCUT2D eigenvalue weighted by atomic mass is 35.7. The lowest BCUT2D eigenvalue weighted by Crippen LogP contribution is -2.09. The minimum absolute atomic E-state index is 0.130. The van der Waals surface area contributed by atoms with Crippen LogP contribution in [0.5, 0.6) is 0 Å². The summed E-state index contributed by atoms with van der Waals surface area (Å²) in [5, 5.41) is 7.46. The molecule has 1 aliphatic carbocycles. The molecular weight excluding hydrogens is 266 g/mol. The molecule has 0 unspecified atom stereocenters. The molecule has 96 valence electrons. The summed E-state index contributed by atoms with van der Waals surface area (Å²) in [5.41, 5.74) is 0. The van der Waals surface area contributed by atoms with Crippen LogP contribution in [0.15, 0.2) is 5.16 Å². The third kappa shape index (κ3) is 2.97. The number of halogens is 1. The Morgan fingerprint density at radius 1 is 1.47 bits per heavy atom. The largest absolute Gasteiger partial charge is 0.385 e. The Bertz CT molecular complexity index is 496. The topological polar surface area (TPSA) is 74.1 Å². The van der Waals surface area contributed by atoms with E-state index < -0.39 is 9.05 Å². The Balaban J connectivity index is 2.24. The first kappa shape index (κ1) is 12.8. The lowest BCUT2D eigenvalue weighted by atomic mass is 10.3. The molecule has 17 heavy (non-hydrogen) atoms. The van der Waals surface area contributed by atoms with Gasteiger partial charge in [0.25, 0.3) is 14.2 Å². The SMILES string of the molecule is COCCCc1nnc(S(=O)(=O)Cl)n1C1CC1. The van der Waals surface area contributed by atoms with Crippen molar-refractivity contribution in [1.82, 2.24) is 14.8 Å². The molecule has 1 aliphatic rings. The van der Waals surface area contributed by atoms with Gasteiger partial charge in [0, 0.05) is 36.9 Å². The third-order valence-corrected chi connectivity index (χ3v) is 3.74. The van der Waals surface area contributed by atoms with Crippen LogP contribution in [0.25, 0.3) is 0 Å². The molecule has 0 aliphatic heterocycles. The second-order valence-electron chi connectivity index (χ2n) is 4.03. The number of aryl methyl sites for hydroxylation is 1. The van der Waals surface area contributed by atoms with E-state index in [9.17, 15) is 8.42 Å². The van der Waals surface area contributed by atoms with E-state index in [2.05, 4.69) is 10.2 Å². The summed E-state index contributed by atoms with van der Waals surface area (Å²) in [6, 6.07) is 0.186. The quantitative estimate of drug-likeness (QED) is 0.576. The van der Waals surface area contributed by atoms with Gasteiger partial charge in [-0.2, -0.15) is 0 Å². The Kier molecular flexibility index (Phi) is 3.70. The highest BCUT2D eigenvalue weighted by molar-refractivity contribution is 8.13. The van der Waals surface area contributed by atoms with E-state index in [0.29, 0.717) is 18.9 Å². The zero-order valence-corrected chi connectivity index (χ0v) is 11.0. The number of methoxy groups -OCH3 is 1. The van der Waals surface area contributed by atoms with Crippen molar-refractivity contribution in [2.45, 2.75) is 36.9 Å². The average molecular weight is 280 g/mol. The smallest absolute Gasteiger partial charge is 0.296 e. The molecule has 0 bridgehead atoms. The van der Waals surface area contributed by atoms with Gasteiger partial charge < -0.3 is 4.74 Å². The van der Waals surface area contributed by atoms with Gasteiger partial charge >= 0.3 is 0 Å². The molecule has 0 spiro atoms. The fraction of sp³-hybridized carbons (Fsp3) is 0.778. The molecule has 0 amide bonds. The summed E-state index contributed by atoms with van der Waals surface area (Å²) in [6.45, 7) is 0.612. The molecule has 0 atom stereocenters. The summed E-state index contributed by atoms with van der Waals surface area (Å²) in [4.78, 5) is 0. The van der Waals surface area contributed by atoms with Crippen LogP contribution in [0, 0.1) is 0 Å². The molecular formula is C9H14ClN3O3S. The van der Waals surface area contributed by atoms with Crippen LogP contribution in [0.1, 0.15) is 31.1 Å². The fourth-order valence-electron chi connectivity index (χ4n) is 1.72. The minimum Gasteiger partial charge on any atom is -0.385 e. The molecule has 0 saturated heterocycles. The molecule has 6 nitrogen and oxygen atoms in total. The standard InChI is InChI=1S/C9H14ClN3O3S/c1-16-6-2-3-8-11-12-9(17(10,14)15)13(8)7-4-5-7/h7H,2-6H2,1H3. The van der Waals surface area contributed by atoms with Gasteiger partial charge in [0.05, 0.1) is 0 Å². The van der Waals surface area contributed by atoms with Gasteiger partial charge in [-0.1, -0.05) is 0 Å². The van der Waals surface area contributed by atoms with Crippen LogP contribution in [0.3, 0.4) is 0 Å². The lowest BCUT2D eigenvalue weighted by molar-refractivity contribution is 0.194. The number of nitrogens with zero attached hydrogens (tertiary/aromatic N) is 3. The van der Waals surface area contributed by atoms with Gasteiger partial charge in [0.15, 0.2) is 0 Å². The molecule has 1 fully saturated rings. The van der Waals surface area contributed by atoms with Gasteiger partial charge in [-0.3, -0.25) is 4.57 Å². The maximum atomic E-state index is 11.3. The number of rotatable bonds is 6. The summed E-state index contributed by atoms with van der Waals surface area (Å²) in [6.07, 6.45) is 3.33. The first-order chi connectivity index (χ1) is 8.04. The van der Waals surface area contributed by atoms with Crippen LogP contribution in [0.4, 0.5) is 0 Å². The van der Waals surface area contributed by atoms with Crippen LogP contribution in [0.2, 0.25) is 0 Å². The average Bonchev–Trinajstić information content (AvgIpc) is 2.98. The van der Waals surface area contributed by atoms with Crippen molar-refractivity contribution in [3.63, 3.8) is 0 Å². The fourth-order valence-corrected chi connectivity index (χ4v) is 2.66. The monoisotopic (exact) mass is 279 g/mol. The van der Waals surface area contributed by atoms with E-state index in [4.69, 9.17) is 15.4 Å². The van der Waals surface area contributed by atoms with Crippen LogP contribution < -0.4 is 0 Å². The molecule has 1 heterocycles. The zero-order chi connectivity index (χ0) is 12.5. The van der Waals surface area contributed by atoms with E-state index in [0.717, 1.165) is 19.3 Å². The van der Waals surface area contributed by atoms with Crippen molar-refractivity contribution in [2.75, 3.05) is 13.7 Å². The van der Waals surface area contributed by atoms with Crippen molar-refractivity contribution >= 4 is 19.7 Å². The van der Waals surface area contributed by atoms with E-state index in [1.54, 1.807) is 11.7 Å². The first-order valence-corrected chi connectivity index (χ1v) is 7.72. The van der Waals surface area contributed by atoms with Crippen LogP contribution in [-0.2, 0) is 20.2 Å². The van der Waals surface area contributed by atoms with E-state index >= 15 is 0 Å². The summed E-state index contributed by atoms with van der Waals surface area (Å²) < 4.78 is 29.3. The highest BCUT2D eigenvalue weighted by Crippen LogP contribution is 2.38. The van der Waals surface area contributed by atoms with Crippen LogP contribution >= 0.6 is 10.7 Å². The van der Waals surface area contributed by atoms with E-state index in [1.807, 2.05) is 0 Å². The predicted octanol–water partition coefficient (Wildman–Crippen LogP) is 1.12. The number of hydrogen-bond donors (Lipinski definition) is 0. The molecule has 1 aromatic heterocycles. The number of hydrogen-bond acceptors (Lipinski definition) is 5. The number of ether oxygens (including phenoxy) is 1. The Morgan fingerprint density at radius 3 is 2.71 bits per heavy atom. The van der Waals surface area contributed by atoms with Gasteiger partial charge in [0.1, 0.15) is 5.82 Å². The molecule has 0 aromatic carbocycles. The van der Waals surface area contributed by atoms with E-state index in [-0.39, 0.29) is 11.2 Å². The van der Waals surface area contributed by atoms with E-state index in [1.165, 1.54) is 0 Å². The summed E-state index contributed by atoms with van der Waals surface area (Å²) in [5.74, 6) is 0.670. The molecule has 0 radical (unpaired) electrons. The Hall–Kier alpha value is -0.660. The molecule has 1 saturated carbocycles. The molecule has 1 aromatic rings. The van der Waals surface area contributed by atoms with Crippen molar-refractivity contribution in [2.24, 2.45) is 0 Å². The van der Waals surface area contributed by atoms with Gasteiger partial charge in [-0.05, 0) is 19.3 Å². The Morgan fingerprint density at radius 2 is 2.18 bits per heavy atom. The second kappa shape index (κ2) is 4.91. The van der Waals surface area contributed by atoms with Crippen molar-refractivity contribution < 1.29 is 13.2 Å². The van der Waals surface area contributed by atoms with Gasteiger partial charge in [0.2, 0.25) is 0 Å².